The molecule has 1 N–H and O–H groups in total. The molecule has 1 fully saturated rings. The Morgan fingerprint density at radius 1 is 1.17 bits per heavy atom. The maximum Gasteiger partial charge on any atom is 0.252 e. The van der Waals surface area contributed by atoms with Gasteiger partial charge in [-0.25, -0.2) is 13.4 Å². The van der Waals surface area contributed by atoms with Crippen molar-refractivity contribution in [1.82, 2.24) is 9.29 Å². The Morgan fingerprint density at radius 3 is 2.52 bits per heavy atom. The van der Waals surface area contributed by atoms with Gasteiger partial charge >= 0.3 is 0 Å². The summed E-state index contributed by atoms with van der Waals surface area (Å²) >= 11 is 14.5. The van der Waals surface area contributed by atoms with Crippen molar-refractivity contribution in [2.45, 2.75) is 24.0 Å². The van der Waals surface area contributed by atoms with Crippen LogP contribution in [-0.2, 0) is 14.8 Å². The molecule has 0 unspecified atom stereocenters. The van der Waals surface area contributed by atoms with Gasteiger partial charge in [0.15, 0.2) is 5.13 Å². The number of piperidine rings is 1. The van der Waals surface area contributed by atoms with E-state index in [0.29, 0.717) is 40.4 Å². The van der Waals surface area contributed by atoms with E-state index in [1.807, 2.05) is 19.1 Å². The van der Waals surface area contributed by atoms with Gasteiger partial charge in [-0.2, -0.15) is 4.31 Å². The number of aryl methyl sites for hydroxylation is 1. The van der Waals surface area contributed by atoms with E-state index in [1.165, 1.54) is 21.7 Å². The molecule has 1 amide bonds. The van der Waals surface area contributed by atoms with E-state index < -0.39 is 10.0 Å². The zero-order chi connectivity index (χ0) is 20.8. The molecule has 29 heavy (non-hydrogen) atoms. The molecule has 6 nitrogen and oxygen atoms in total. The molecule has 154 valence electrons. The second-order valence-corrected chi connectivity index (χ2v) is 12.1. The van der Waals surface area contributed by atoms with Gasteiger partial charge in [0.1, 0.15) is 4.21 Å². The van der Waals surface area contributed by atoms with Gasteiger partial charge in [-0.1, -0.05) is 40.6 Å². The van der Waals surface area contributed by atoms with E-state index >= 15 is 0 Å². The minimum Gasteiger partial charge on any atom is -0.302 e. The molecule has 0 bridgehead atoms. The third kappa shape index (κ3) is 4.17. The lowest BCUT2D eigenvalue weighted by molar-refractivity contribution is -0.120. The van der Waals surface area contributed by atoms with Gasteiger partial charge in [0.05, 0.1) is 19.6 Å². The predicted molar refractivity (Wildman–Crippen MR) is 119 cm³/mol. The molecule has 4 rings (SSSR count). The number of halogens is 2. The SMILES string of the molecule is Cc1ccc(Cl)c2sc(NC(=O)C3CCN(S(=O)(=O)c4ccc(Cl)s4)CC3)nc12. The summed E-state index contributed by atoms with van der Waals surface area (Å²) in [5, 5.41) is 3.98. The first-order chi connectivity index (χ1) is 13.8. The topological polar surface area (TPSA) is 79.4 Å². The van der Waals surface area contributed by atoms with E-state index in [4.69, 9.17) is 23.2 Å². The number of carbonyl (C=O) groups is 1. The molecule has 1 aliphatic rings. The number of sulfonamides is 1. The van der Waals surface area contributed by atoms with Crippen LogP contribution in [0.25, 0.3) is 10.2 Å². The minimum atomic E-state index is -3.57. The zero-order valence-corrected chi connectivity index (χ0v) is 19.3. The quantitative estimate of drug-likeness (QED) is 0.558. The summed E-state index contributed by atoms with van der Waals surface area (Å²) in [4.78, 5) is 17.2. The number of thiazole rings is 1. The molecule has 1 aromatic carbocycles. The molecule has 1 saturated heterocycles. The second-order valence-electron chi connectivity index (χ2n) is 6.79. The highest BCUT2D eigenvalue weighted by molar-refractivity contribution is 7.91. The van der Waals surface area contributed by atoms with E-state index in [0.717, 1.165) is 27.1 Å². The summed E-state index contributed by atoms with van der Waals surface area (Å²) in [6.45, 7) is 2.53. The number of benzene rings is 1. The van der Waals surface area contributed by atoms with Crippen LogP contribution in [0.15, 0.2) is 28.5 Å². The third-order valence-corrected chi connectivity index (χ3v) is 9.92. The molecule has 3 aromatic rings. The summed E-state index contributed by atoms with van der Waals surface area (Å²) in [6.07, 6.45) is 0.906. The van der Waals surface area contributed by atoms with Crippen LogP contribution in [0.5, 0.6) is 0 Å². The average Bonchev–Trinajstić information content (AvgIpc) is 3.32. The molecule has 0 radical (unpaired) electrons. The molecule has 3 heterocycles. The lowest BCUT2D eigenvalue weighted by Gasteiger charge is -2.29. The Bertz CT molecular complexity index is 1140. The fraction of sp³-hybridized carbons (Fsp3) is 0.333. The van der Waals surface area contributed by atoms with Crippen LogP contribution in [0.2, 0.25) is 9.36 Å². The van der Waals surface area contributed by atoms with Crippen molar-refractivity contribution in [3.8, 4) is 0 Å². The Balaban J connectivity index is 1.42. The van der Waals surface area contributed by atoms with Crippen LogP contribution in [-0.4, -0.2) is 36.7 Å². The first-order valence-electron chi connectivity index (χ1n) is 8.87. The number of thiophene rings is 1. The molecule has 0 spiro atoms. The number of rotatable bonds is 4. The van der Waals surface area contributed by atoms with Crippen molar-refractivity contribution in [1.29, 1.82) is 0 Å². The van der Waals surface area contributed by atoms with Gasteiger partial charge in [-0.3, -0.25) is 4.79 Å². The van der Waals surface area contributed by atoms with Gasteiger partial charge in [0.25, 0.3) is 10.0 Å². The predicted octanol–water partition coefficient (Wildman–Crippen LogP) is 5.01. The van der Waals surface area contributed by atoms with Crippen molar-refractivity contribution in [3.63, 3.8) is 0 Å². The first kappa shape index (κ1) is 21.0. The maximum absolute atomic E-state index is 12.7. The molecule has 2 aromatic heterocycles. The number of anilines is 1. The largest absolute Gasteiger partial charge is 0.302 e. The van der Waals surface area contributed by atoms with Crippen molar-refractivity contribution < 1.29 is 13.2 Å². The molecule has 0 aliphatic carbocycles. The fourth-order valence-electron chi connectivity index (χ4n) is 3.28. The molecule has 11 heteroatoms. The van der Waals surface area contributed by atoms with Crippen LogP contribution < -0.4 is 5.32 Å². The molecule has 1 aliphatic heterocycles. The number of fused-ring (bicyclic) bond motifs is 1. The minimum absolute atomic E-state index is 0.144. The number of nitrogens with zero attached hydrogens (tertiary/aromatic N) is 2. The summed E-state index contributed by atoms with van der Waals surface area (Å²) in [5.74, 6) is -0.411. The average molecular weight is 490 g/mol. The van der Waals surface area contributed by atoms with E-state index in [9.17, 15) is 13.2 Å². The summed E-state index contributed by atoms with van der Waals surface area (Å²) in [6, 6.07) is 6.81. The van der Waals surface area contributed by atoms with Crippen LogP contribution in [0.3, 0.4) is 0 Å². The maximum atomic E-state index is 12.7. The number of nitrogens with one attached hydrogen (secondary N) is 1. The van der Waals surface area contributed by atoms with Crippen LogP contribution >= 0.6 is 45.9 Å². The first-order valence-corrected chi connectivity index (χ1v) is 12.7. The summed E-state index contributed by atoms with van der Waals surface area (Å²) in [5.41, 5.74) is 1.78. The highest BCUT2D eigenvalue weighted by Crippen LogP contribution is 2.35. The smallest absolute Gasteiger partial charge is 0.252 e. The van der Waals surface area contributed by atoms with Gasteiger partial charge in [0, 0.05) is 19.0 Å². The third-order valence-electron chi connectivity index (χ3n) is 4.89. The fourth-order valence-corrected chi connectivity index (χ4v) is 7.61. The van der Waals surface area contributed by atoms with Crippen molar-refractivity contribution in [2.24, 2.45) is 5.92 Å². The lowest BCUT2D eigenvalue weighted by atomic mass is 9.97. The number of aromatic nitrogens is 1. The van der Waals surface area contributed by atoms with Crippen LogP contribution in [0, 0.1) is 12.8 Å². The highest BCUT2D eigenvalue weighted by atomic mass is 35.5. The molecule has 0 saturated carbocycles. The van der Waals surface area contributed by atoms with Crippen molar-refractivity contribution >= 4 is 77.2 Å². The van der Waals surface area contributed by atoms with Gasteiger partial charge in [0.2, 0.25) is 5.91 Å². The summed E-state index contributed by atoms with van der Waals surface area (Å²) in [7, 11) is -3.57. The highest BCUT2D eigenvalue weighted by Gasteiger charge is 2.33. The lowest BCUT2D eigenvalue weighted by Crippen LogP contribution is -2.41. The van der Waals surface area contributed by atoms with Crippen LogP contribution in [0.4, 0.5) is 5.13 Å². The Morgan fingerprint density at radius 2 is 1.90 bits per heavy atom. The van der Waals surface area contributed by atoms with Crippen molar-refractivity contribution in [3.05, 3.63) is 39.2 Å². The Labute approximate surface area is 186 Å². The van der Waals surface area contributed by atoms with E-state index in [2.05, 4.69) is 10.3 Å². The van der Waals surface area contributed by atoms with Gasteiger partial charge < -0.3 is 5.32 Å². The van der Waals surface area contributed by atoms with E-state index in [1.54, 1.807) is 6.07 Å². The molecular weight excluding hydrogens is 473 g/mol. The second kappa shape index (κ2) is 8.13. The standard InChI is InChI=1S/C18H17Cl2N3O3S3/c1-10-2-3-12(19)16-15(10)21-18(28-16)22-17(24)11-6-8-23(9-7-11)29(25,26)14-5-4-13(20)27-14/h2-5,11H,6-9H2,1H3,(H,21,22,24). The van der Waals surface area contributed by atoms with Crippen LogP contribution in [0.1, 0.15) is 18.4 Å². The zero-order valence-electron chi connectivity index (χ0n) is 15.3. The van der Waals surface area contributed by atoms with Gasteiger partial charge in [-0.05, 0) is 43.5 Å². The Kier molecular flexibility index (Phi) is 5.89. The van der Waals surface area contributed by atoms with Gasteiger partial charge in [-0.15, -0.1) is 11.3 Å². The molecule has 0 atom stereocenters. The number of amides is 1. The Hall–Kier alpha value is -1.23. The van der Waals surface area contributed by atoms with Crippen molar-refractivity contribution in [2.75, 3.05) is 18.4 Å². The molecular formula is C18H17Cl2N3O3S3. The number of carbonyl (C=O) groups excluding carboxylic acids is 1. The number of hydrogen-bond donors (Lipinski definition) is 1. The normalized spacial score (nSPS) is 16.4. The van der Waals surface area contributed by atoms with E-state index in [-0.39, 0.29) is 16.0 Å². The summed E-state index contributed by atoms with van der Waals surface area (Å²) < 4.78 is 28.3. The monoisotopic (exact) mass is 489 g/mol. The number of hydrogen-bond acceptors (Lipinski definition) is 6.